The number of hydrogen-bond donors (Lipinski definition) is 1. The van der Waals surface area contributed by atoms with Crippen LogP contribution in [-0.4, -0.2) is 68.0 Å². The molecule has 144 valence electrons. The van der Waals surface area contributed by atoms with Gasteiger partial charge in [0.2, 0.25) is 0 Å². The Kier molecular flexibility index (Phi) is 5.21. The van der Waals surface area contributed by atoms with Crippen LogP contribution in [0.2, 0.25) is 0 Å². The van der Waals surface area contributed by atoms with E-state index >= 15 is 0 Å². The summed E-state index contributed by atoms with van der Waals surface area (Å²) in [5.74, 6) is -1.86. The second-order valence-corrected chi connectivity index (χ2v) is 9.61. The molecule has 1 N–H and O–H groups in total. The molecular formula is C17H23F2N3O3S. The first-order valence-electron chi connectivity index (χ1n) is 8.61. The summed E-state index contributed by atoms with van der Waals surface area (Å²) < 4.78 is 50.4. The molecule has 3 unspecified atom stereocenters. The molecule has 3 rings (SSSR count). The van der Waals surface area contributed by atoms with Crippen LogP contribution in [0.15, 0.2) is 18.2 Å². The third-order valence-electron chi connectivity index (χ3n) is 5.27. The minimum Gasteiger partial charge on any atom is -0.333 e. The van der Waals surface area contributed by atoms with Gasteiger partial charge in [-0.25, -0.2) is 22.0 Å². The van der Waals surface area contributed by atoms with Crippen LogP contribution in [0.4, 0.5) is 13.6 Å². The summed E-state index contributed by atoms with van der Waals surface area (Å²) in [6.07, 6.45) is 0.674. The molecule has 2 aliphatic heterocycles. The number of hydrogen-bond acceptors (Lipinski definition) is 4. The van der Waals surface area contributed by atoms with Gasteiger partial charge in [0.05, 0.1) is 23.1 Å². The Morgan fingerprint density at radius 1 is 1.23 bits per heavy atom. The van der Waals surface area contributed by atoms with E-state index in [9.17, 15) is 22.0 Å². The van der Waals surface area contributed by atoms with E-state index in [1.165, 1.54) is 11.0 Å². The predicted octanol–water partition coefficient (Wildman–Crippen LogP) is 1.54. The third-order valence-corrected chi connectivity index (χ3v) is 7.39. The van der Waals surface area contributed by atoms with Crippen molar-refractivity contribution in [2.24, 2.45) is 0 Å². The Hall–Kier alpha value is -1.74. The maximum Gasteiger partial charge on any atom is 0.317 e. The number of likely N-dealkylation sites (tertiary alicyclic amines) is 1. The average Bonchev–Trinajstić information content (AvgIpc) is 2.93. The molecular weight excluding hydrogens is 364 g/mol. The van der Waals surface area contributed by atoms with Crippen molar-refractivity contribution in [1.29, 1.82) is 0 Å². The summed E-state index contributed by atoms with van der Waals surface area (Å²) in [4.78, 5) is 16.1. The second-order valence-electron chi connectivity index (χ2n) is 7.07. The highest BCUT2D eigenvalue weighted by Crippen LogP contribution is 2.32. The van der Waals surface area contributed by atoms with Crippen LogP contribution in [0, 0.1) is 11.6 Å². The molecule has 2 heterocycles. The summed E-state index contributed by atoms with van der Waals surface area (Å²) in [6, 6.07) is 2.94. The van der Waals surface area contributed by atoms with E-state index in [0.29, 0.717) is 18.5 Å². The van der Waals surface area contributed by atoms with Crippen LogP contribution in [0.1, 0.15) is 24.9 Å². The van der Waals surface area contributed by atoms with Crippen LogP contribution < -0.4 is 5.32 Å². The van der Waals surface area contributed by atoms with Crippen LogP contribution in [-0.2, 0) is 9.84 Å². The van der Waals surface area contributed by atoms with Crippen molar-refractivity contribution in [1.82, 2.24) is 15.1 Å². The molecule has 0 aliphatic carbocycles. The van der Waals surface area contributed by atoms with Crippen molar-refractivity contribution in [3.05, 3.63) is 35.4 Å². The van der Waals surface area contributed by atoms with E-state index in [1.807, 2.05) is 11.9 Å². The molecule has 1 aromatic carbocycles. The summed E-state index contributed by atoms with van der Waals surface area (Å²) in [5, 5.41) is 2.36. The first kappa shape index (κ1) is 19.0. The van der Waals surface area contributed by atoms with Gasteiger partial charge < -0.3 is 10.2 Å². The summed E-state index contributed by atoms with van der Waals surface area (Å²) in [6.45, 7) is 2.63. The minimum atomic E-state index is -3.13. The summed E-state index contributed by atoms with van der Waals surface area (Å²) in [7, 11) is -1.26. The zero-order chi connectivity index (χ0) is 19.1. The molecule has 0 aromatic heterocycles. The molecule has 0 saturated carbocycles. The zero-order valence-electron chi connectivity index (χ0n) is 14.8. The molecule has 2 aliphatic rings. The van der Waals surface area contributed by atoms with Crippen molar-refractivity contribution >= 4 is 15.9 Å². The molecule has 0 bridgehead atoms. The lowest BCUT2D eigenvalue weighted by atomic mass is 10.00. The monoisotopic (exact) mass is 387 g/mol. The Bertz CT molecular complexity index is 802. The lowest BCUT2D eigenvalue weighted by Gasteiger charge is -2.33. The molecule has 26 heavy (non-hydrogen) atoms. The summed E-state index contributed by atoms with van der Waals surface area (Å²) in [5.41, 5.74) is 0.601. The number of urea groups is 1. The van der Waals surface area contributed by atoms with E-state index in [0.717, 1.165) is 12.1 Å². The highest BCUT2D eigenvalue weighted by Gasteiger charge is 2.37. The van der Waals surface area contributed by atoms with E-state index in [4.69, 9.17) is 0 Å². The quantitative estimate of drug-likeness (QED) is 0.836. The Morgan fingerprint density at radius 3 is 2.62 bits per heavy atom. The van der Waals surface area contributed by atoms with Gasteiger partial charge in [0, 0.05) is 19.6 Å². The lowest BCUT2D eigenvalue weighted by molar-refractivity contribution is 0.190. The molecule has 6 nitrogen and oxygen atoms in total. The van der Waals surface area contributed by atoms with Crippen molar-refractivity contribution in [2.45, 2.75) is 30.7 Å². The minimum absolute atomic E-state index is 0.0429. The van der Waals surface area contributed by atoms with Gasteiger partial charge >= 0.3 is 6.03 Å². The fraction of sp³-hybridized carbons (Fsp3) is 0.588. The normalized spacial score (nSPS) is 28.9. The van der Waals surface area contributed by atoms with Crippen molar-refractivity contribution in [2.75, 3.05) is 32.4 Å². The van der Waals surface area contributed by atoms with Crippen LogP contribution in [0.3, 0.4) is 0 Å². The van der Waals surface area contributed by atoms with Gasteiger partial charge in [0.25, 0.3) is 0 Å². The van der Waals surface area contributed by atoms with Crippen molar-refractivity contribution < 1.29 is 22.0 Å². The second kappa shape index (κ2) is 7.11. The zero-order valence-corrected chi connectivity index (χ0v) is 15.6. The first-order valence-corrected chi connectivity index (χ1v) is 10.3. The van der Waals surface area contributed by atoms with Gasteiger partial charge in [-0.05, 0) is 38.1 Å². The Balaban J connectivity index is 1.72. The number of likely N-dealkylation sites (N-methyl/N-ethyl adjacent to an activating group) is 1. The molecule has 1 aromatic rings. The SMILES string of the molecule is CC1CN(C(=O)NC2CCN(C)C2c2ccc(F)c(F)c2)CCS1(=O)=O. The van der Waals surface area contributed by atoms with Crippen LogP contribution in [0.25, 0.3) is 0 Å². The van der Waals surface area contributed by atoms with E-state index < -0.39 is 26.7 Å². The average molecular weight is 387 g/mol. The highest BCUT2D eigenvalue weighted by molar-refractivity contribution is 7.92. The number of benzene rings is 1. The van der Waals surface area contributed by atoms with Crippen molar-refractivity contribution in [3.8, 4) is 0 Å². The predicted molar refractivity (Wildman–Crippen MR) is 93.5 cm³/mol. The highest BCUT2D eigenvalue weighted by atomic mass is 32.2. The number of halogens is 2. The largest absolute Gasteiger partial charge is 0.333 e. The fourth-order valence-corrected chi connectivity index (χ4v) is 4.95. The number of rotatable bonds is 2. The molecule has 3 atom stereocenters. The van der Waals surface area contributed by atoms with E-state index in [2.05, 4.69) is 5.32 Å². The first-order chi connectivity index (χ1) is 12.2. The number of carbonyl (C=O) groups excluding carboxylic acids is 1. The smallest absolute Gasteiger partial charge is 0.317 e. The number of sulfone groups is 1. The van der Waals surface area contributed by atoms with Gasteiger partial charge in [-0.15, -0.1) is 0 Å². The number of nitrogens with one attached hydrogen (secondary N) is 1. The topological polar surface area (TPSA) is 69.7 Å². The van der Waals surface area contributed by atoms with Gasteiger partial charge in [0.15, 0.2) is 21.5 Å². The third kappa shape index (κ3) is 3.68. The summed E-state index contributed by atoms with van der Waals surface area (Å²) >= 11 is 0. The van der Waals surface area contributed by atoms with Crippen molar-refractivity contribution in [3.63, 3.8) is 0 Å². The maximum absolute atomic E-state index is 13.6. The standard InChI is InChI=1S/C17H23F2N3O3S/c1-11-10-22(7-8-26(11,24)25)17(23)20-15-5-6-21(2)16(15)12-3-4-13(18)14(19)9-12/h3-4,9,11,15-16H,5-8,10H2,1-2H3,(H,20,23). The Labute approximate surface area is 152 Å². The van der Waals surface area contributed by atoms with E-state index in [-0.39, 0.29) is 37.0 Å². The lowest BCUT2D eigenvalue weighted by Crippen LogP contribution is -2.53. The van der Waals surface area contributed by atoms with E-state index in [1.54, 1.807) is 6.92 Å². The van der Waals surface area contributed by atoms with Gasteiger partial charge in [-0.2, -0.15) is 0 Å². The number of nitrogens with zero attached hydrogens (tertiary/aromatic N) is 2. The molecule has 9 heteroatoms. The molecule has 0 radical (unpaired) electrons. The maximum atomic E-state index is 13.6. The molecule has 2 amide bonds. The molecule has 0 spiro atoms. The van der Waals surface area contributed by atoms with Gasteiger partial charge in [-0.3, -0.25) is 4.90 Å². The molecule has 2 saturated heterocycles. The van der Waals surface area contributed by atoms with Crippen LogP contribution in [0.5, 0.6) is 0 Å². The Morgan fingerprint density at radius 2 is 1.96 bits per heavy atom. The fourth-order valence-electron chi connectivity index (χ4n) is 3.67. The van der Waals surface area contributed by atoms with Gasteiger partial charge in [0.1, 0.15) is 0 Å². The number of carbonyl (C=O) groups is 1. The van der Waals surface area contributed by atoms with Gasteiger partial charge in [-0.1, -0.05) is 6.07 Å². The molecule has 2 fully saturated rings. The van der Waals surface area contributed by atoms with Crippen LogP contribution >= 0.6 is 0 Å². The number of amides is 2.